The highest BCUT2D eigenvalue weighted by Gasteiger charge is 2.18. The summed E-state index contributed by atoms with van der Waals surface area (Å²) in [5.74, 6) is 0. The van der Waals surface area contributed by atoms with Crippen molar-refractivity contribution in [3.05, 3.63) is 197 Å². The normalized spacial score (nSPS) is 9.73. The van der Waals surface area contributed by atoms with Crippen LogP contribution in [0.5, 0.6) is 0 Å². The van der Waals surface area contributed by atoms with Gasteiger partial charge in [0.1, 0.15) is 30.9 Å². The maximum Gasteiger partial charge on any atom is 0.491 e. The third-order valence-electron chi connectivity index (χ3n) is 9.65. The quantitative estimate of drug-likeness (QED) is 0.0711. The highest BCUT2D eigenvalue weighted by atomic mass is 127. The number of hydrogen-bond donors (Lipinski definition) is 4. The van der Waals surface area contributed by atoms with Crippen LogP contribution in [0.2, 0.25) is 30.9 Å². The Kier molecular flexibility index (Phi) is 28.7. The largest absolute Gasteiger partial charge is 0.491 e. The molecule has 0 unspecified atom stereocenters. The molecule has 408 valence electrons. The van der Waals surface area contributed by atoms with Gasteiger partial charge >= 0.3 is 14.2 Å². The molecule has 12 rings (SSSR count). The van der Waals surface area contributed by atoms with Crippen molar-refractivity contribution in [3.8, 4) is 12.1 Å². The zero-order valence-electron chi connectivity index (χ0n) is 41.2. The fourth-order valence-corrected chi connectivity index (χ4v) is 8.13. The summed E-state index contributed by atoms with van der Waals surface area (Å²) in [5, 5.41) is 58.4. The Morgan fingerprint density at radius 3 is 1.26 bits per heavy atom. The molecule has 0 aliphatic carbocycles. The lowest BCUT2D eigenvalue weighted by Gasteiger charge is -2.03. The monoisotopic (exact) mass is 1420 g/mol. The third kappa shape index (κ3) is 21.1. The molecule has 4 N–H and O–H groups in total. The lowest BCUT2D eigenvalue weighted by atomic mass is 9.81. The Hall–Kier alpha value is -6.49. The van der Waals surface area contributed by atoms with Gasteiger partial charge in [0.2, 0.25) is 0 Å². The molecule has 12 heterocycles. The molecule has 81 heavy (non-hydrogen) atoms. The molecule has 0 amide bonds. The molecule has 12 aromatic rings. The molecule has 0 radical (unpaired) electrons. The molecule has 0 saturated heterocycles. The van der Waals surface area contributed by atoms with Crippen LogP contribution in [-0.4, -0.2) is 94.1 Å². The Bertz CT molecular complexity index is 3760. The molecular weight excluding hydrogens is 1380 g/mol. The van der Waals surface area contributed by atoms with Crippen molar-refractivity contribution in [2.24, 2.45) is 0 Å². The van der Waals surface area contributed by atoms with Crippen LogP contribution >= 0.6 is 115 Å². The summed E-state index contributed by atoms with van der Waals surface area (Å²) in [6.07, 6.45) is 15.1. The van der Waals surface area contributed by atoms with Crippen molar-refractivity contribution in [2.45, 2.75) is 21.3 Å². The fourth-order valence-electron chi connectivity index (χ4n) is 6.17. The fraction of sp³-hybridized carbons (Fsp3) is 0.0566. The van der Waals surface area contributed by atoms with E-state index < -0.39 is 14.2 Å². The summed E-state index contributed by atoms with van der Waals surface area (Å²) >= 11 is 38.8. The molecule has 0 spiro atoms. The van der Waals surface area contributed by atoms with Crippen molar-refractivity contribution >= 4 is 206 Å². The van der Waals surface area contributed by atoms with Gasteiger partial charge in [-0.05, 0) is 148 Å². The second-order valence-corrected chi connectivity index (χ2v) is 19.6. The SMILES string of the molecule is C.CC#N.CC#N.Clc1ccc2cccnc2n1.Clc1ccc2ccncc2n1.Clc1nc2cnccc2cc1I.Clc1nc2ncccc2cc1I.OB(O)c1cc2cccnc2nc1Cl.OB(O)c1cc2ccncc2nc1Cl. The predicted octanol–water partition coefficient (Wildman–Crippen LogP) is 12.0. The second-order valence-electron chi connectivity index (χ2n) is 15.1. The average molecular weight is 1430 g/mol. The maximum atomic E-state index is 8.98. The lowest BCUT2D eigenvalue weighted by molar-refractivity contribution is 0.424. The van der Waals surface area contributed by atoms with Crippen molar-refractivity contribution < 1.29 is 20.1 Å². The summed E-state index contributed by atoms with van der Waals surface area (Å²) in [6.45, 7) is 2.86. The number of pyridine rings is 12. The standard InChI is InChI=1S/2C8H6BClN2O2.2C8H4ClIN2.2C8H5ClN2.2C2H3N.CH4/c10-8-6(9(13)14)3-5-1-2-11-4-7(5)12-8;10-7-6(9(13)14)4-5-2-1-3-11-8(5)12-7;9-8-6(10)3-5-1-2-11-4-7(5)12-8;9-7-6(10)4-5-2-1-3-11-8(5)12-7;9-8-2-1-6-3-4-10-5-7(6)11-8;9-7-4-3-6-2-1-5-10-8(6)11-7;2*1-2-3;/h2*1-4,13-14H;2*1-4H;2*1-5H;2*1H3;1H4. The number of aromatic nitrogens is 12. The van der Waals surface area contributed by atoms with Crippen LogP contribution in [0.25, 0.3) is 65.8 Å². The van der Waals surface area contributed by atoms with Gasteiger partial charge in [-0.15, -0.1) is 0 Å². The molecule has 0 aliphatic rings. The number of nitrogens with zero attached hydrogens (tertiary/aromatic N) is 14. The first-order valence-electron chi connectivity index (χ1n) is 22.5. The Morgan fingerprint density at radius 1 is 0.407 bits per heavy atom. The van der Waals surface area contributed by atoms with Crippen LogP contribution in [0.15, 0.2) is 159 Å². The van der Waals surface area contributed by atoms with Gasteiger partial charge in [-0.2, -0.15) is 10.5 Å². The molecule has 0 atom stereocenters. The van der Waals surface area contributed by atoms with E-state index in [-0.39, 0.29) is 28.7 Å². The lowest BCUT2D eigenvalue weighted by Crippen LogP contribution is -2.31. The highest BCUT2D eigenvalue weighted by molar-refractivity contribution is 14.1. The summed E-state index contributed by atoms with van der Waals surface area (Å²) in [4.78, 5) is 48.2. The van der Waals surface area contributed by atoms with Gasteiger partial charge < -0.3 is 20.1 Å². The van der Waals surface area contributed by atoms with E-state index in [0.717, 1.165) is 50.5 Å². The topological polar surface area (TPSA) is 283 Å². The molecule has 28 heteroatoms. The van der Waals surface area contributed by atoms with Crippen LogP contribution in [0.4, 0.5) is 0 Å². The minimum atomic E-state index is -1.61. The van der Waals surface area contributed by atoms with E-state index in [1.54, 1.807) is 110 Å². The molecule has 0 bridgehead atoms. The summed E-state index contributed by atoms with van der Waals surface area (Å²) < 4.78 is 1.92. The van der Waals surface area contributed by atoms with Gasteiger partial charge in [-0.3, -0.25) is 15.0 Å². The number of hydrogen-bond acceptors (Lipinski definition) is 18. The van der Waals surface area contributed by atoms with Crippen LogP contribution in [-0.2, 0) is 0 Å². The van der Waals surface area contributed by atoms with Crippen molar-refractivity contribution in [1.29, 1.82) is 10.5 Å². The number of nitriles is 2. The smallest absolute Gasteiger partial charge is 0.423 e. The van der Waals surface area contributed by atoms with E-state index in [9.17, 15) is 0 Å². The minimum Gasteiger partial charge on any atom is -0.423 e. The number of rotatable bonds is 2. The van der Waals surface area contributed by atoms with Crippen LogP contribution in [0.3, 0.4) is 0 Å². The Balaban J connectivity index is 0.000000205. The van der Waals surface area contributed by atoms with E-state index in [0.29, 0.717) is 43.1 Å². The van der Waals surface area contributed by atoms with E-state index >= 15 is 0 Å². The Labute approximate surface area is 521 Å². The third-order valence-corrected chi connectivity index (χ3v) is 13.5. The zero-order chi connectivity index (χ0) is 58.1. The molecule has 18 nitrogen and oxygen atoms in total. The van der Waals surface area contributed by atoms with E-state index in [1.807, 2.05) is 60.7 Å². The zero-order valence-corrected chi connectivity index (χ0v) is 50.1. The number of fused-ring (bicyclic) bond motifs is 6. The van der Waals surface area contributed by atoms with Crippen LogP contribution < -0.4 is 10.9 Å². The van der Waals surface area contributed by atoms with Gasteiger partial charge in [0.05, 0.1) is 54.4 Å². The van der Waals surface area contributed by atoms with Gasteiger partial charge in [0, 0.05) is 94.3 Å². The van der Waals surface area contributed by atoms with E-state index in [1.165, 1.54) is 13.8 Å². The summed E-state index contributed by atoms with van der Waals surface area (Å²) in [5.41, 5.74) is 4.56. The summed E-state index contributed by atoms with van der Waals surface area (Å²) in [7, 11) is -3.22. The van der Waals surface area contributed by atoms with Gasteiger partial charge in [-0.1, -0.05) is 77.0 Å². The first kappa shape index (κ1) is 67.0. The molecule has 0 fully saturated rings. The van der Waals surface area contributed by atoms with Crippen molar-refractivity contribution in [3.63, 3.8) is 0 Å². The molecule has 0 aliphatic heterocycles. The minimum absolute atomic E-state index is 0. The first-order chi connectivity index (χ1) is 38.5. The second kappa shape index (κ2) is 34.7. The van der Waals surface area contributed by atoms with Gasteiger partial charge in [-0.25, -0.2) is 44.9 Å². The van der Waals surface area contributed by atoms with Gasteiger partial charge in [0.15, 0.2) is 16.9 Å². The molecule has 0 aromatic carbocycles. The van der Waals surface area contributed by atoms with E-state index in [2.05, 4.69) is 105 Å². The maximum absolute atomic E-state index is 8.98. The van der Waals surface area contributed by atoms with Crippen LogP contribution in [0, 0.1) is 29.8 Å². The summed E-state index contributed by atoms with van der Waals surface area (Å²) in [6, 6.07) is 34.7. The predicted molar refractivity (Wildman–Crippen MR) is 342 cm³/mol. The van der Waals surface area contributed by atoms with Crippen molar-refractivity contribution in [1.82, 2.24) is 59.8 Å². The highest BCUT2D eigenvalue weighted by Crippen LogP contribution is 2.22. The van der Waals surface area contributed by atoms with Crippen LogP contribution in [0.1, 0.15) is 21.3 Å². The Morgan fingerprint density at radius 2 is 0.753 bits per heavy atom. The van der Waals surface area contributed by atoms with E-state index in [4.69, 9.17) is 100 Å². The molecular formula is C53H40B2Cl6I2N14O4. The van der Waals surface area contributed by atoms with Gasteiger partial charge in [0.25, 0.3) is 0 Å². The molecule has 12 aromatic heterocycles. The first-order valence-corrected chi connectivity index (χ1v) is 26.9. The molecule has 0 saturated carbocycles. The van der Waals surface area contributed by atoms with Crippen molar-refractivity contribution in [2.75, 3.05) is 0 Å². The average Bonchev–Trinajstić information content (AvgIpc) is 3.47. The number of halogens is 8.